The molecular formula is C15H28N2O3S. The van der Waals surface area contributed by atoms with Gasteiger partial charge in [-0.3, -0.25) is 0 Å². The van der Waals surface area contributed by atoms with Gasteiger partial charge in [0.1, 0.15) is 0 Å². The minimum absolute atomic E-state index is 0.0623. The molecule has 6 heteroatoms. The maximum atomic E-state index is 13.0. The molecule has 21 heavy (non-hydrogen) atoms. The first-order chi connectivity index (χ1) is 9.76. The first kappa shape index (κ1) is 15.7. The van der Waals surface area contributed by atoms with E-state index in [0.29, 0.717) is 24.9 Å². The van der Waals surface area contributed by atoms with E-state index < -0.39 is 10.2 Å². The number of hydrogen-bond acceptors (Lipinski definition) is 3. The molecule has 1 aliphatic carbocycles. The normalized spacial score (nSPS) is 40.0. The summed E-state index contributed by atoms with van der Waals surface area (Å²) in [6.07, 6.45) is 3.30. The van der Waals surface area contributed by atoms with Gasteiger partial charge in [0.2, 0.25) is 0 Å². The lowest BCUT2D eigenvalue weighted by Crippen LogP contribution is -2.68. The van der Waals surface area contributed by atoms with Crippen LogP contribution in [-0.2, 0) is 14.9 Å². The number of fused-ring (bicyclic) bond motifs is 1. The Morgan fingerprint density at radius 1 is 1.29 bits per heavy atom. The monoisotopic (exact) mass is 316 g/mol. The van der Waals surface area contributed by atoms with Crippen molar-refractivity contribution in [2.45, 2.75) is 52.2 Å². The molecule has 0 spiro atoms. The molecule has 0 aromatic carbocycles. The molecule has 0 aromatic rings. The SMILES string of the molecule is C[C@@H]1CCCN(S(=O)(=O)N(C)[C@@H]2[C@@H]3CCO[C@H]3C2(C)C)C1. The van der Waals surface area contributed by atoms with Gasteiger partial charge in [0.25, 0.3) is 10.2 Å². The summed E-state index contributed by atoms with van der Waals surface area (Å²) >= 11 is 0. The summed E-state index contributed by atoms with van der Waals surface area (Å²) in [4.78, 5) is 0. The van der Waals surface area contributed by atoms with Crippen molar-refractivity contribution < 1.29 is 13.2 Å². The molecule has 3 aliphatic rings. The highest BCUT2D eigenvalue weighted by molar-refractivity contribution is 7.86. The molecule has 1 saturated carbocycles. The zero-order valence-electron chi connectivity index (χ0n) is 13.6. The van der Waals surface area contributed by atoms with Gasteiger partial charge in [0.15, 0.2) is 0 Å². The molecule has 2 saturated heterocycles. The van der Waals surface area contributed by atoms with Crippen LogP contribution in [0.5, 0.6) is 0 Å². The van der Waals surface area contributed by atoms with Gasteiger partial charge in [-0.05, 0) is 25.2 Å². The van der Waals surface area contributed by atoms with E-state index in [-0.39, 0.29) is 17.6 Å². The summed E-state index contributed by atoms with van der Waals surface area (Å²) in [5.74, 6) is 0.820. The van der Waals surface area contributed by atoms with E-state index in [4.69, 9.17) is 4.74 Å². The Bertz CT molecular complexity index is 505. The number of hydrogen-bond donors (Lipinski definition) is 0. The fraction of sp³-hybridized carbons (Fsp3) is 1.00. The van der Waals surface area contributed by atoms with Gasteiger partial charge in [-0.2, -0.15) is 17.0 Å². The van der Waals surface area contributed by atoms with Gasteiger partial charge >= 0.3 is 0 Å². The molecule has 0 unspecified atom stereocenters. The van der Waals surface area contributed by atoms with Crippen molar-refractivity contribution in [1.82, 2.24) is 8.61 Å². The molecule has 4 atom stereocenters. The van der Waals surface area contributed by atoms with Crippen LogP contribution in [0.3, 0.4) is 0 Å². The molecule has 0 N–H and O–H groups in total. The minimum Gasteiger partial charge on any atom is -0.377 e. The van der Waals surface area contributed by atoms with Crippen LogP contribution in [0.1, 0.15) is 40.0 Å². The van der Waals surface area contributed by atoms with Crippen LogP contribution in [-0.4, -0.2) is 55.9 Å². The van der Waals surface area contributed by atoms with Gasteiger partial charge in [-0.15, -0.1) is 0 Å². The molecular weight excluding hydrogens is 288 g/mol. The largest absolute Gasteiger partial charge is 0.377 e. The van der Waals surface area contributed by atoms with Crippen LogP contribution < -0.4 is 0 Å². The molecule has 2 aliphatic heterocycles. The Labute approximate surface area is 128 Å². The summed E-state index contributed by atoms with van der Waals surface area (Å²) in [5.41, 5.74) is -0.0929. The van der Waals surface area contributed by atoms with Crippen molar-refractivity contribution in [3.63, 3.8) is 0 Å². The lowest BCUT2D eigenvalue weighted by Gasteiger charge is -2.57. The molecule has 5 nitrogen and oxygen atoms in total. The van der Waals surface area contributed by atoms with Crippen molar-refractivity contribution in [1.29, 1.82) is 0 Å². The standard InChI is InChI=1S/C15H28N2O3S/c1-11-6-5-8-17(10-11)21(18,19)16(4)13-12-7-9-20-14(12)15(13,2)3/h11-14H,5-10H2,1-4H3/t11-,12+,13-,14-/m1/s1. The summed E-state index contributed by atoms with van der Waals surface area (Å²) in [6.45, 7) is 8.49. The van der Waals surface area contributed by atoms with Crippen LogP contribution in [0.2, 0.25) is 0 Å². The second kappa shape index (κ2) is 5.18. The van der Waals surface area contributed by atoms with E-state index in [0.717, 1.165) is 25.9 Å². The smallest absolute Gasteiger partial charge is 0.282 e. The molecule has 3 rings (SSSR count). The van der Waals surface area contributed by atoms with Gasteiger partial charge in [0.05, 0.1) is 6.10 Å². The van der Waals surface area contributed by atoms with Crippen LogP contribution in [0.25, 0.3) is 0 Å². The highest BCUT2D eigenvalue weighted by Crippen LogP contribution is 2.54. The van der Waals surface area contributed by atoms with Crippen LogP contribution in [0.15, 0.2) is 0 Å². The van der Waals surface area contributed by atoms with E-state index >= 15 is 0 Å². The molecule has 0 aromatic heterocycles. The van der Waals surface area contributed by atoms with E-state index in [1.165, 1.54) is 0 Å². The fourth-order valence-electron chi connectivity index (χ4n) is 4.72. The van der Waals surface area contributed by atoms with E-state index in [1.807, 2.05) is 0 Å². The van der Waals surface area contributed by atoms with Crippen molar-refractivity contribution in [3.05, 3.63) is 0 Å². The zero-order chi connectivity index (χ0) is 15.4. The lowest BCUT2D eigenvalue weighted by molar-refractivity contribution is -0.132. The van der Waals surface area contributed by atoms with Crippen LogP contribution in [0.4, 0.5) is 0 Å². The Kier molecular flexibility index (Phi) is 3.88. The average molecular weight is 316 g/mol. The summed E-state index contributed by atoms with van der Waals surface area (Å²) in [6, 6.07) is 0.0623. The highest BCUT2D eigenvalue weighted by Gasteiger charge is 2.62. The van der Waals surface area contributed by atoms with Gasteiger partial charge in [0, 0.05) is 44.1 Å². The third kappa shape index (κ3) is 2.35. The third-order valence-corrected chi connectivity index (χ3v) is 7.68. The van der Waals surface area contributed by atoms with Crippen molar-refractivity contribution in [2.75, 3.05) is 26.7 Å². The van der Waals surface area contributed by atoms with Crippen LogP contribution in [0, 0.1) is 17.3 Å². The Balaban J connectivity index is 1.79. The minimum atomic E-state index is -3.35. The maximum Gasteiger partial charge on any atom is 0.282 e. The van der Waals surface area contributed by atoms with Crippen molar-refractivity contribution in [3.8, 4) is 0 Å². The second-order valence-corrected chi connectivity index (χ2v) is 9.63. The lowest BCUT2D eigenvalue weighted by atomic mass is 9.57. The third-order valence-electron chi connectivity index (χ3n) is 5.74. The maximum absolute atomic E-state index is 13.0. The number of rotatable bonds is 3. The predicted molar refractivity (Wildman–Crippen MR) is 82.1 cm³/mol. The Morgan fingerprint density at radius 3 is 2.67 bits per heavy atom. The van der Waals surface area contributed by atoms with E-state index in [9.17, 15) is 8.42 Å². The van der Waals surface area contributed by atoms with Gasteiger partial charge in [-0.1, -0.05) is 20.8 Å². The molecule has 3 fully saturated rings. The summed E-state index contributed by atoms with van der Waals surface area (Å²) in [7, 11) is -1.59. The molecule has 0 radical (unpaired) electrons. The van der Waals surface area contributed by atoms with E-state index in [2.05, 4.69) is 20.8 Å². The van der Waals surface area contributed by atoms with E-state index in [1.54, 1.807) is 15.7 Å². The highest BCUT2D eigenvalue weighted by atomic mass is 32.2. The first-order valence-corrected chi connectivity index (χ1v) is 9.50. The predicted octanol–water partition coefficient (Wildman–Crippen LogP) is 1.71. The second-order valence-electron chi connectivity index (χ2n) is 7.64. The van der Waals surface area contributed by atoms with Crippen LogP contribution >= 0.6 is 0 Å². The van der Waals surface area contributed by atoms with Crippen molar-refractivity contribution in [2.24, 2.45) is 17.3 Å². The topological polar surface area (TPSA) is 49.9 Å². The number of ether oxygens (including phenoxy) is 1. The number of nitrogens with zero attached hydrogens (tertiary/aromatic N) is 2. The van der Waals surface area contributed by atoms with Gasteiger partial charge < -0.3 is 4.74 Å². The number of piperidine rings is 1. The summed E-state index contributed by atoms with van der Waals surface area (Å²) in [5, 5.41) is 0. The Hall–Kier alpha value is -0.170. The zero-order valence-corrected chi connectivity index (χ0v) is 14.4. The first-order valence-electron chi connectivity index (χ1n) is 8.11. The molecule has 0 amide bonds. The molecule has 0 bridgehead atoms. The molecule has 2 heterocycles. The summed E-state index contributed by atoms with van der Waals surface area (Å²) < 4.78 is 35.0. The Morgan fingerprint density at radius 2 is 2.00 bits per heavy atom. The average Bonchev–Trinajstić information content (AvgIpc) is 2.84. The fourth-order valence-corrected chi connectivity index (χ4v) is 6.60. The quantitative estimate of drug-likeness (QED) is 0.796. The van der Waals surface area contributed by atoms with Crippen molar-refractivity contribution >= 4 is 10.2 Å². The molecule has 122 valence electrons. The van der Waals surface area contributed by atoms with Gasteiger partial charge in [-0.25, -0.2) is 0 Å².